The number of nitrogens with two attached hydrogens (primary N) is 1. The van der Waals surface area contributed by atoms with Crippen molar-refractivity contribution in [2.24, 2.45) is 5.73 Å². The van der Waals surface area contributed by atoms with E-state index in [-0.39, 0.29) is 0 Å². The van der Waals surface area contributed by atoms with E-state index in [2.05, 4.69) is 29.7 Å². The van der Waals surface area contributed by atoms with Crippen molar-refractivity contribution in [3.63, 3.8) is 0 Å². The lowest BCUT2D eigenvalue weighted by atomic mass is 10.2. The van der Waals surface area contributed by atoms with Crippen molar-refractivity contribution >= 4 is 11.0 Å². The van der Waals surface area contributed by atoms with Crippen molar-refractivity contribution in [3.05, 3.63) is 30.1 Å². The smallest absolute Gasteiger partial charge is 0.111 e. The number of ether oxygens (including phenoxy) is 1. The first-order valence-electron chi connectivity index (χ1n) is 7.07. The molecule has 0 radical (unpaired) electrons. The van der Waals surface area contributed by atoms with Gasteiger partial charge in [0.15, 0.2) is 0 Å². The Labute approximate surface area is 113 Å². The van der Waals surface area contributed by atoms with E-state index < -0.39 is 0 Å². The van der Waals surface area contributed by atoms with Gasteiger partial charge in [-0.25, -0.2) is 4.98 Å². The highest BCUT2D eigenvalue weighted by molar-refractivity contribution is 5.75. The first-order valence-corrected chi connectivity index (χ1v) is 7.07. The largest absolute Gasteiger partial charge is 0.373 e. The minimum absolute atomic E-state index is 0.309. The number of benzene rings is 1. The van der Waals surface area contributed by atoms with E-state index in [1.165, 1.54) is 5.52 Å². The second-order valence-electron chi connectivity index (χ2n) is 5.31. The van der Waals surface area contributed by atoms with Gasteiger partial charge in [0.25, 0.3) is 0 Å². The normalized spacial score (nSPS) is 23.3. The molecule has 1 aliphatic rings. The fraction of sp³-hybridized carbons (Fsp3) is 0.533. The van der Waals surface area contributed by atoms with Crippen molar-refractivity contribution in [3.8, 4) is 0 Å². The lowest BCUT2D eigenvalue weighted by Gasteiger charge is -2.15. The Morgan fingerprint density at radius 1 is 1.37 bits per heavy atom. The van der Waals surface area contributed by atoms with E-state index in [1.54, 1.807) is 0 Å². The molecular formula is C15H21N3O. The van der Waals surface area contributed by atoms with Crippen LogP contribution in [0.5, 0.6) is 0 Å². The Hall–Kier alpha value is -1.39. The van der Waals surface area contributed by atoms with E-state index in [1.807, 2.05) is 6.07 Å². The number of aromatic nitrogens is 2. The summed E-state index contributed by atoms with van der Waals surface area (Å²) < 4.78 is 8.22. The van der Waals surface area contributed by atoms with Gasteiger partial charge in [0.2, 0.25) is 0 Å². The number of fused-ring (bicyclic) bond motifs is 1. The topological polar surface area (TPSA) is 53.1 Å². The highest BCUT2D eigenvalue weighted by Gasteiger charge is 2.23. The standard InChI is InChI=1S/C15H21N3O/c1-11-6-7-12(19-11)10-18-14-5-3-2-4-13(14)17-15(18)8-9-16/h2-5,11-12H,6-10,16H2,1H3. The second kappa shape index (κ2) is 5.31. The van der Waals surface area contributed by atoms with Crippen LogP contribution in [-0.2, 0) is 17.7 Å². The van der Waals surface area contributed by atoms with Crippen LogP contribution in [0.1, 0.15) is 25.6 Å². The molecule has 102 valence electrons. The minimum atomic E-state index is 0.309. The molecular weight excluding hydrogens is 238 g/mol. The molecule has 1 aliphatic heterocycles. The van der Waals surface area contributed by atoms with Crippen molar-refractivity contribution in [2.75, 3.05) is 6.54 Å². The van der Waals surface area contributed by atoms with E-state index in [0.29, 0.717) is 18.8 Å². The number of para-hydroxylation sites is 2. The number of nitrogens with zero attached hydrogens (tertiary/aromatic N) is 2. The lowest BCUT2D eigenvalue weighted by Crippen LogP contribution is -2.19. The third-order valence-electron chi connectivity index (χ3n) is 3.81. The number of rotatable bonds is 4. The van der Waals surface area contributed by atoms with E-state index in [0.717, 1.165) is 37.1 Å². The van der Waals surface area contributed by atoms with Gasteiger partial charge in [0, 0.05) is 6.42 Å². The molecule has 0 aliphatic carbocycles. The molecule has 2 unspecified atom stereocenters. The van der Waals surface area contributed by atoms with Crippen LogP contribution >= 0.6 is 0 Å². The van der Waals surface area contributed by atoms with E-state index in [4.69, 9.17) is 15.5 Å². The zero-order valence-corrected chi connectivity index (χ0v) is 11.4. The minimum Gasteiger partial charge on any atom is -0.373 e. The fourth-order valence-corrected chi connectivity index (χ4v) is 2.87. The summed E-state index contributed by atoms with van der Waals surface area (Å²) in [4.78, 5) is 4.69. The molecule has 19 heavy (non-hydrogen) atoms. The second-order valence-corrected chi connectivity index (χ2v) is 5.31. The third-order valence-corrected chi connectivity index (χ3v) is 3.81. The summed E-state index contributed by atoms with van der Waals surface area (Å²) >= 11 is 0. The maximum Gasteiger partial charge on any atom is 0.111 e. The average Bonchev–Trinajstić information content (AvgIpc) is 2.96. The zero-order valence-electron chi connectivity index (χ0n) is 11.4. The van der Waals surface area contributed by atoms with Crippen LogP contribution in [0.25, 0.3) is 11.0 Å². The highest BCUT2D eigenvalue weighted by atomic mass is 16.5. The molecule has 1 saturated heterocycles. The van der Waals surface area contributed by atoms with Crippen molar-refractivity contribution in [1.82, 2.24) is 9.55 Å². The van der Waals surface area contributed by atoms with Gasteiger partial charge in [-0.15, -0.1) is 0 Å². The summed E-state index contributed by atoms with van der Waals surface area (Å²) in [6, 6.07) is 8.27. The Bertz CT molecular complexity index is 564. The summed E-state index contributed by atoms with van der Waals surface area (Å²) in [5.74, 6) is 1.08. The van der Waals surface area contributed by atoms with Crippen molar-refractivity contribution in [1.29, 1.82) is 0 Å². The summed E-state index contributed by atoms with van der Waals surface area (Å²) in [5, 5.41) is 0. The van der Waals surface area contributed by atoms with Gasteiger partial charge in [-0.1, -0.05) is 12.1 Å². The maximum atomic E-state index is 5.94. The predicted octanol–water partition coefficient (Wildman–Crippen LogP) is 2.10. The molecule has 1 fully saturated rings. The van der Waals surface area contributed by atoms with Gasteiger partial charge in [-0.3, -0.25) is 0 Å². The van der Waals surface area contributed by atoms with Crippen LogP contribution < -0.4 is 5.73 Å². The summed E-state index contributed by atoms with van der Waals surface area (Å²) in [6.07, 6.45) is 3.80. The van der Waals surface area contributed by atoms with Crippen LogP contribution in [0.3, 0.4) is 0 Å². The van der Waals surface area contributed by atoms with Crippen LogP contribution in [0.2, 0.25) is 0 Å². The molecule has 3 rings (SSSR count). The maximum absolute atomic E-state index is 5.94. The van der Waals surface area contributed by atoms with Gasteiger partial charge in [0.05, 0.1) is 29.8 Å². The molecule has 1 aromatic heterocycles. The molecule has 4 heteroatoms. The van der Waals surface area contributed by atoms with E-state index in [9.17, 15) is 0 Å². The first-order chi connectivity index (χ1) is 9.28. The molecule has 0 saturated carbocycles. The van der Waals surface area contributed by atoms with Gasteiger partial charge in [0.1, 0.15) is 5.82 Å². The summed E-state index contributed by atoms with van der Waals surface area (Å²) in [5.41, 5.74) is 7.94. The molecule has 0 bridgehead atoms. The monoisotopic (exact) mass is 259 g/mol. The lowest BCUT2D eigenvalue weighted by molar-refractivity contribution is 0.0460. The SMILES string of the molecule is CC1CCC(Cn2c(CCN)nc3ccccc32)O1. The van der Waals surface area contributed by atoms with E-state index >= 15 is 0 Å². The van der Waals surface area contributed by atoms with Crippen LogP contribution in [-0.4, -0.2) is 28.3 Å². The average molecular weight is 259 g/mol. The number of hydrogen-bond acceptors (Lipinski definition) is 3. The molecule has 4 nitrogen and oxygen atoms in total. The molecule has 0 spiro atoms. The number of imidazole rings is 1. The Balaban J connectivity index is 1.93. The highest BCUT2D eigenvalue weighted by Crippen LogP contribution is 2.23. The predicted molar refractivity (Wildman–Crippen MR) is 76.1 cm³/mol. The van der Waals surface area contributed by atoms with Crippen LogP contribution in [0.15, 0.2) is 24.3 Å². The third kappa shape index (κ3) is 2.51. The fourth-order valence-electron chi connectivity index (χ4n) is 2.87. The molecule has 2 heterocycles. The Morgan fingerprint density at radius 2 is 2.21 bits per heavy atom. The molecule has 0 amide bonds. The van der Waals surface area contributed by atoms with Crippen molar-refractivity contribution in [2.45, 2.75) is 44.9 Å². The van der Waals surface area contributed by atoms with Gasteiger partial charge >= 0.3 is 0 Å². The first kappa shape index (κ1) is 12.6. The molecule has 2 atom stereocenters. The van der Waals surface area contributed by atoms with Gasteiger partial charge in [-0.05, 0) is 38.4 Å². The molecule has 2 aromatic rings. The Kier molecular flexibility index (Phi) is 3.53. The Morgan fingerprint density at radius 3 is 2.95 bits per heavy atom. The molecule has 2 N–H and O–H groups in total. The van der Waals surface area contributed by atoms with Gasteiger partial charge < -0.3 is 15.0 Å². The quantitative estimate of drug-likeness (QED) is 0.915. The number of hydrogen-bond donors (Lipinski definition) is 1. The van der Waals surface area contributed by atoms with Crippen LogP contribution in [0.4, 0.5) is 0 Å². The van der Waals surface area contributed by atoms with Crippen molar-refractivity contribution < 1.29 is 4.74 Å². The zero-order chi connectivity index (χ0) is 13.2. The van der Waals surface area contributed by atoms with Gasteiger partial charge in [-0.2, -0.15) is 0 Å². The summed E-state index contributed by atoms with van der Waals surface area (Å²) in [6.45, 7) is 3.66. The van der Waals surface area contributed by atoms with Crippen LogP contribution in [0, 0.1) is 0 Å². The molecule has 1 aromatic carbocycles. The summed E-state index contributed by atoms with van der Waals surface area (Å²) in [7, 11) is 0.